The molecule has 0 bridgehead atoms. The average molecular weight is 459 g/mol. The summed E-state index contributed by atoms with van der Waals surface area (Å²) in [5, 5.41) is 0.615. The number of aromatic nitrogens is 1. The monoisotopic (exact) mass is 457 g/mol. The summed E-state index contributed by atoms with van der Waals surface area (Å²) in [4.78, 5) is 21.2. The fraction of sp³-hybridized carbons (Fsp3) is 0.222. The maximum absolute atomic E-state index is 13.5. The van der Waals surface area contributed by atoms with E-state index in [4.69, 9.17) is 0 Å². The van der Waals surface area contributed by atoms with Gasteiger partial charge < -0.3 is 4.90 Å². The van der Waals surface area contributed by atoms with Crippen LogP contribution in [0.5, 0.6) is 0 Å². The van der Waals surface area contributed by atoms with Crippen LogP contribution in [0.3, 0.4) is 0 Å². The van der Waals surface area contributed by atoms with Gasteiger partial charge in [0.15, 0.2) is 5.13 Å². The van der Waals surface area contributed by atoms with Crippen molar-refractivity contribution in [3.05, 3.63) is 58.3 Å². The lowest BCUT2D eigenvalue weighted by Gasteiger charge is -2.22. The molecule has 0 aliphatic heterocycles. The Balaban J connectivity index is 0.00000243. The number of carbonyl (C=O) groups is 1. The van der Waals surface area contributed by atoms with Crippen LogP contribution in [0.15, 0.2) is 46.9 Å². The molecular formula is C18H18BrClFN3OS. The number of amides is 1. The average Bonchev–Trinajstić information content (AvgIpc) is 2.97. The van der Waals surface area contributed by atoms with Crippen LogP contribution in [0.2, 0.25) is 0 Å². The molecule has 0 fully saturated rings. The van der Waals surface area contributed by atoms with E-state index in [1.807, 2.05) is 37.2 Å². The highest BCUT2D eigenvalue weighted by Crippen LogP contribution is 2.31. The predicted octanol–water partition coefficient (Wildman–Crippen LogP) is 4.83. The van der Waals surface area contributed by atoms with E-state index in [0.29, 0.717) is 23.8 Å². The third-order valence-electron chi connectivity index (χ3n) is 3.66. The topological polar surface area (TPSA) is 36.4 Å². The van der Waals surface area contributed by atoms with Gasteiger partial charge in [0.05, 0.1) is 10.2 Å². The zero-order chi connectivity index (χ0) is 18.0. The van der Waals surface area contributed by atoms with E-state index in [9.17, 15) is 9.18 Å². The van der Waals surface area contributed by atoms with Crippen molar-refractivity contribution < 1.29 is 9.18 Å². The Labute approximate surface area is 170 Å². The van der Waals surface area contributed by atoms with E-state index >= 15 is 0 Å². The standard InChI is InChI=1S/C18H17BrFN3OS.ClH/c1-22(2)8-9-23(17(24)12-4-3-5-14(20)10-12)18-21-15-7-6-13(19)11-16(15)25-18;/h3-7,10-11H,8-9H2,1-2H3;1H. The number of hydrogen-bond acceptors (Lipinski definition) is 4. The minimum atomic E-state index is -0.424. The molecule has 0 aliphatic carbocycles. The molecule has 0 saturated heterocycles. The van der Waals surface area contributed by atoms with Gasteiger partial charge in [-0.05, 0) is 50.5 Å². The molecule has 3 rings (SSSR count). The number of hydrogen-bond donors (Lipinski definition) is 0. The number of benzene rings is 2. The summed E-state index contributed by atoms with van der Waals surface area (Å²) < 4.78 is 15.5. The van der Waals surface area contributed by atoms with E-state index in [1.54, 1.807) is 17.0 Å². The maximum Gasteiger partial charge on any atom is 0.260 e. The molecule has 4 nitrogen and oxygen atoms in total. The van der Waals surface area contributed by atoms with Gasteiger partial charge in [-0.15, -0.1) is 12.4 Å². The van der Waals surface area contributed by atoms with Crippen molar-refractivity contribution in [1.29, 1.82) is 0 Å². The Hall–Kier alpha value is -1.54. The summed E-state index contributed by atoms with van der Waals surface area (Å²) in [6, 6.07) is 11.6. The molecule has 0 aliphatic rings. The van der Waals surface area contributed by atoms with Crippen molar-refractivity contribution in [1.82, 2.24) is 9.88 Å². The lowest BCUT2D eigenvalue weighted by Crippen LogP contribution is -2.36. The fourth-order valence-electron chi connectivity index (χ4n) is 2.36. The fourth-order valence-corrected chi connectivity index (χ4v) is 3.90. The summed E-state index contributed by atoms with van der Waals surface area (Å²) in [6.45, 7) is 1.16. The van der Waals surface area contributed by atoms with Gasteiger partial charge in [-0.3, -0.25) is 9.69 Å². The highest BCUT2D eigenvalue weighted by Gasteiger charge is 2.21. The summed E-state index contributed by atoms with van der Waals surface area (Å²) >= 11 is 4.90. The number of rotatable bonds is 5. The highest BCUT2D eigenvalue weighted by molar-refractivity contribution is 9.10. The molecule has 1 heterocycles. The van der Waals surface area contributed by atoms with Crippen LogP contribution in [0.1, 0.15) is 10.4 Å². The molecular weight excluding hydrogens is 441 g/mol. The Morgan fingerprint density at radius 2 is 1.96 bits per heavy atom. The number of anilines is 1. The zero-order valence-corrected chi connectivity index (χ0v) is 17.5. The molecule has 0 spiro atoms. The smallest absolute Gasteiger partial charge is 0.260 e. The minimum absolute atomic E-state index is 0. The van der Waals surface area contributed by atoms with Gasteiger partial charge in [0, 0.05) is 23.1 Å². The molecule has 8 heteroatoms. The Bertz CT molecular complexity index is 918. The van der Waals surface area contributed by atoms with Crippen molar-refractivity contribution in [2.75, 3.05) is 32.1 Å². The molecule has 0 radical (unpaired) electrons. The van der Waals surface area contributed by atoms with Gasteiger partial charge in [-0.2, -0.15) is 0 Å². The number of thiazole rings is 1. The van der Waals surface area contributed by atoms with Gasteiger partial charge in [0.2, 0.25) is 0 Å². The predicted molar refractivity (Wildman–Crippen MR) is 111 cm³/mol. The van der Waals surface area contributed by atoms with E-state index < -0.39 is 5.82 Å². The Kier molecular flexibility index (Phi) is 7.11. The van der Waals surface area contributed by atoms with Gasteiger partial charge in [0.1, 0.15) is 5.82 Å². The van der Waals surface area contributed by atoms with Crippen molar-refractivity contribution in [2.24, 2.45) is 0 Å². The summed E-state index contributed by atoms with van der Waals surface area (Å²) in [7, 11) is 3.89. The van der Waals surface area contributed by atoms with Gasteiger partial charge in [0.25, 0.3) is 5.91 Å². The Morgan fingerprint density at radius 1 is 1.19 bits per heavy atom. The number of nitrogens with zero attached hydrogens (tertiary/aromatic N) is 3. The molecule has 1 amide bonds. The second kappa shape index (κ2) is 8.90. The number of halogens is 3. The molecule has 0 saturated carbocycles. The summed E-state index contributed by atoms with van der Waals surface area (Å²) in [5.41, 5.74) is 1.16. The summed E-state index contributed by atoms with van der Waals surface area (Å²) in [6.07, 6.45) is 0. The first-order valence-electron chi connectivity index (χ1n) is 7.72. The molecule has 0 unspecified atom stereocenters. The molecule has 0 N–H and O–H groups in total. The second-order valence-corrected chi connectivity index (χ2v) is 7.80. The number of likely N-dealkylation sites (N-methyl/N-ethyl adjacent to an activating group) is 1. The number of fused-ring (bicyclic) bond motifs is 1. The van der Waals surface area contributed by atoms with Crippen LogP contribution in [-0.2, 0) is 0 Å². The lowest BCUT2D eigenvalue weighted by atomic mass is 10.2. The summed E-state index contributed by atoms with van der Waals surface area (Å²) in [5.74, 6) is -0.675. The van der Waals surface area contributed by atoms with Crippen LogP contribution in [0.25, 0.3) is 10.2 Å². The SMILES string of the molecule is CN(C)CCN(C(=O)c1cccc(F)c1)c1nc2ccc(Br)cc2s1.Cl. The van der Waals surface area contributed by atoms with Crippen LogP contribution >= 0.6 is 39.7 Å². The molecule has 138 valence electrons. The van der Waals surface area contributed by atoms with E-state index in [-0.39, 0.29) is 18.3 Å². The van der Waals surface area contributed by atoms with Crippen LogP contribution in [0, 0.1) is 5.82 Å². The van der Waals surface area contributed by atoms with E-state index in [2.05, 4.69) is 20.9 Å². The van der Waals surface area contributed by atoms with Gasteiger partial charge in [-0.25, -0.2) is 9.37 Å². The van der Waals surface area contributed by atoms with Gasteiger partial charge >= 0.3 is 0 Å². The first-order valence-corrected chi connectivity index (χ1v) is 9.33. The lowest BCUT2D eigenvalue weighted by molar-refractivity contribution is 0.0985. The highest BCUT2D eigenvalue weighted by atomic mass is 79.9. The van der Waals surface area contributed by atoms with Crippen LogP contribution < -0.4 is 4.90 Å². The van der Waals surface area contributed by atoms with Crippen molar-refractivity contribution in [2.45, 2.75) is 0 Å². The van der Waals surface area contributed by atoms with Crippen molar-refractivity contribution in [3.63, 3.8) is 0 Å². The Morgan fingerprint density at radius 3 is 2.65 bits per heavy atom. The second-order valence-electron chi connectivity index (χ2n) is 5.88. The quantitative estimate of drug-likeness (QED) is 0.549. The minimum Gasteiger partial charge on any atom is -0.308 e. The van der Waals surface area contributed by atoms with Crippen LogP contribution in [-0.4, -0.2) is 43.0 Å². The normalized spacial score (nSPS) is 10.8. The van der Waals surface area contributed by atoms with E-state index in [0.717, 1.165) is 14.7 Å². The first-order chi connectivity index (χ1) is 11.9. The van der Waals surface area contributed by atoms with Crippen LogP contribution in [0.4, 0.5) is 9.52 Å². The molecule has 1 aromatic heterocycles. The van der Waals surface area contributed by atoms with Crippen molar-refractivity contribution in [3.8, 4) is 0 Å². The maximum atomic E-state index is 13.5. The largest absolute Gasteiger partial charge is 0.308 e. The molecule has 2 aromatic carbocycles. The van der Waals surface area contributed by atoms with Gasteiger partial charge in [-0.1, -0.05) is 33.3 Å². The van der Waals surface area contributed by atoms with E-state index in [1.165, 1.54) is 23.5 Å². The molecule has 0 atom stereocenters. The molecule has 26 heavy (non-hydrogen) atoms. The third-order valence-corrected chi connectivity index (χ3v) is 5.19. The first kappa shape index (κ1) is 20.8. The third kappa shape index (κ3) is 4.79. The van der Waals surface area contributed by atoms with Crippen molar-refractivity contribution >= 4 is 60.9 Å². The zero-order valence-electron chi connectivity index (χ0n) is 14.3. The number of carbonyl (C=O) groups excluding carboxylic acids is 1. The molecule has 3 aromatic rings.